The van der Waals surface area contributed by atoms with Crippen LogP contribution in [0.1, 0.15) is 6.42 Å². The first-order chi connectivity index (χ1) is 5.75. The van der Waals surface area contributed by atoms with Gasteiger partial charge in [0.2, 0.25) is 0 Å². The number of nitrogens with one attached hydrogen (secondary N) is 1. The maximum atomic E-state index is 5.70. The van der Waals surface area contributed by atoms with Gasteiger partial charge in [0, 0.05) is 6.54 Å². The van der Waals surface area contributed by atoms with Gasteiger partial charge in [0.1, 0.15) is 0 Å². The molecule has 0 fully saturated rings. The molecule has 0 heterocycles. The summed E-state index contributed by atoms with van der Waals surface area (Å²) in [5, 5.41) is 3.12. The normalized spacial score (nSPS) is 9.75. The minimum absolute atomic E-state index is 0.684. The maximum Gasteiger partial charge on any atom is 0.0807 e. The van der Waals surface area contributed by atoms with E-state index in [1.54, 1.807) is 0 Å². The van der Waals surface area contributed by atoms with Crippen LogP contribution >= 0.6 is 0 Å². The first-order valence-electron chi connectivity index (χ1n) is 3.92. The summed E-state index contributed by atoms with van der Waals surface area (Å²) >= 11 is 0. The Bertz CT molecular complexity index is 238. The van der Waals surface area contributed by atoms with E-state index in [2.05, 4.69) is 12.2 Å². The van der Waals surface area contributed by atoms with E-state index in [1.807, 2.05) is 18.2 Å². The molecular weight excluding hydrogens is 150 g/mol. The Balaban J connectivity index is 2.81. The van der Waals surface area contributed by atoms with Crippen molar-refractivity contribution in [3.63, 3.8) is 0 Å². The van der Waals surface area contributed by atoms with Crippen LogP contribution in [0.25, 0.3) is 0 Å². The SMILES string of the molecule is [CH2]CCNc1c(N)cccc1N. The van der Waals surface area contributed by atoms with Gasteiger partial charge in [-0.1, -0.05) is 13.0 Å². The molecule has 1 aromatic carbocycles. The zero-order valence-corrected chi connectivity index (χ0v) is 7.01. The van der Waals surface area contributed by atoms with Gasteiger partial charge in [-0.3, -0.25) is 0 Å². The fourth-order valence-corrected chi connectivity index (χ4v) is 1.01. The van der Waals surface area contributed by atoms with Crippen molar-refractivity contribution in [3.8, 4) is 0 Å². The molecule has 0 aliphatic heterocycles. The number of rotatable bonds is 3. The molecule has 0 aliphatic rings. The van der Waals surface area contributed by atoms with Gasteiger partial charge in [0.15, 0.2) is 0 Å². The predicted octanol–water partition coefficient (Wildman–Crippen LogP) is 1.49. The number of anilines is 3. The van der Waals surface area contributed by atoms with Gasteiger partial charge in [-0.05, 0) is 18.6 Å². The zero-order valence-electron chi connectivity index (χ0n) is 7.01. The van der Waals surface area contributed by atoms with Gasteiger partial charge in [0.25, 0.3) is 0 Å². The Morgan fingerprint density at radius 1 is 1.25 bits per heavy atom. The molecule has 0 spiro atoms. The van der Waals surface area contributed by atoms with Crippen LogP contribution in [0, 0.1) is 6.92 Å². The van der Waals surface area contributed by atoms with E-state index < -0.39 is 0 Å². The van der Waals surface area contributed by atoms with Crippen molar-refractivity contribution < 1.29 is 0 Å². The number of hydrogen-bond donors (Lipinski definition) is 3. The van der Waals surface area contributed by atoms with Crippen molar-refractivity contribution in [1.82, 2.24) is 0 Å². The van der Waals surface area contributed by atoms with Crippen LogP contribution in [0.3, 0.4) is 0 Å². The van der Waals surface area contributed by atoms with Crippen molar-refractivity contribution in [3.05, 3.63) is 25.1 Å². The summed E-state index contributed by atoms with van der Waals surface area (Å²) < 4.78 is 0. The summed E-state index contributed by atoms with van der Waals surface area (Å²) in [4.78, 5) is 0. The van der Waals surface area contributed by atoms with Gasteiger partial charge < -0.3 is 16.8 Å². The van der Waals surface area contributed by atoms with Crippen LogP contribution in [0.5, 0.6) is 0 Å². The minimum Gasteiger partial charge on any atom is -0.397 e. The molecule has 12 heavy (non-hydrogen) atoms. The highest BCUT2D eigenvalue weighted by Gasteiger charge is 2.00. The van der Waals surface area contributed by atoms with E-state index in [4.69, 9.17) is 11.5 Å². The third kappa shape index (κ3) is 1.81. The molecule has 0 saturated carbocycles. The Labute approximate surface area is 72.8 Å². The molecule has 0 aliphatic carbocycles. The molecule has 1 aromatic rings. The summed E-state index contributed by atoms with van der Waals surface area (Å²) in [6.07, 6.45) is 0.813. The van der Waals surface area contributed by atoms with Gasteiger partial charge in [0.05, 0.1) is 17.1 Å². The highest BCUT2D eigenvalue weighted by atomic mass is 14.9. The molecule has 1 rings (SSSR count). The minimum atomic E-state index is 0.684. The van der Waals surface area contributed by atoms with Crippen LogP contribution < -0.4 is 16.8 Å². The zero-order chi connectivity index (χ0) is 8.97. The Morgan fingerprint density at radius 3 is 2.33 bits per heavy atom. The lowest BCUT2D eigenvalue weighted by atomic mass is 10.2. The quantitative estimate of drug-likeness (QED) is 0.593. The molecule has 0 amide bonds. The number of hydrogen-bond acceptors (Lipinski definition) is 3. The standard InChI is InChI=1S/C9H14N3/c1-2-6-12-9-7(10)4-3-5-8(9)11/h3-5,12H,1-2,6,10-11H2. The number of benzene rings is 1. The Kier molecular flexibility index (Phi) is 2.80. The molecule has 3 nitrogen and oxygen atoms in total. The number of nitrogen functional groups attached to an aromatic ring is 2. The topological polar surface area (TPSA) is 64.1 Å². The monoisotopic (exact) mass is 164 g/mol. The van der Waals surface area contributed by atoms with Crippen LogP contribution in [-0.2, 0) is 0 Å². The average molecular weight is 164 g/mol. The third-order valence-corrected chi connectivity index (χ3v) is 1.61. The molecule has 3 heteroatoms. The summed E-state index contributed by atoms with van der Waals surface area (Å²) in [5.41, 5.74) is 13.6. The molecule has 0 aromatic heterocycles. The largest absolute Gasteiger partial charge is 0.397 e. The number of para-hydroxylation sites is 1. The van der Waals surface area contributed by atoms with Crippen LogP contribution in [0.2, 0.25) is 0 Å². The predicted molar refractivity (Wildman–Crippen MR) is 53.7 cm³/mol. The fraction of sp³-hybridized carbons (Fsp3) is 0.222. The lowest BCUT2D eigenvalue weighted by Gasteiger charge is -2.10. The molecule has 0 bridgehead atoms. The van der Waals surface area contributed by atoms with E-state index in [1.165, 1.54) is 0 Å². The summed E-state index contributed by atoms with van der Waals surface area (Å²) in [6.45, 7) is 4.51. The summed E-state index contributed by atoms with van der Waals surface area (Å²) in [7, 11) is 0. The van der Waals surface area contributed by atoms with Crippen molar-refractivity contribution in [2.24, 2.45) is 0 Å². The van der Waals surface area contributed by atoms with Crippen molar-refractivity contribution in [2.45, 2.75) is 6.42 Å². The lowest BCUT2D eigenvalue weighted by molar-refractivity contribution is 1.07. The lowest BCUT2D eigenvalue weighted by Crippen LogP contribution is -2.05. The van der Waals surface area contributed by atoms with E-state index in [-0.39, 0.29) is 0 Å². The van der Waals surface area contributed by atoms with E-state index in [0.29, 0.717) is 11.4 Å². The first-order valence-corrected chi connectivity index (χ1v) is 3.92. The van der Waals surface area contributed by atoms with Gasteiger partial charge in [-0.2, -0.15) is 0 Å². The van der Waals surface area contributed by atoms with Gasteiger partial charge in [-0.15, -0.1) is 0 Å². The van der Waals surface area contributed by atoms with E-state index in [9.17, 15) is 0 Å². The van der Waals surface area contributed by atoms with Crippen molar-refractivity contribution >= 4 is 17.1 Å². The second kappa shape index (κ2) is 3.85. The van der Waals surface area contributed by atoms with Crippen LogP contribution in [0.15, 0.2) is 18.2 Å². The Morgan fingerprint density at radius 2 is 1.83 bits per heavy atom. The van der Waals surface area contributed by atoms with Crippen molar-refractivity contribution in [1.29, 1.82) is 0 Å². The molecule has 0 atom stereocenters. The van der Waals surface area contributed by atoms with Crippen LogP contribution in [0.4, 0.5) is 17.1 Å². The van der Waals surface area contributed by atoms with E-state index in [0.717, 1.165) is 18.7 Å². The number of nitrogens with two attached hydrogens (primary N) is 2. The van der Waals surface area contributed by atoms with Crippen molar-refractivity contribution in [2.75, 3.05) is 23.3 Å². The third-order valence-electron chi connectivity index (χ3n) is 1.61. The first kappa shape index (κ1) is 8.71. The van der Waals surface area contributed by atoms with Gasteiger partial charge >= 0.3 is 0 Å². The highest BCUT2D eigenvalue weighted by Crippen LogP contribution is 2.24. The molecular formula is C9H14N3. The molecule has 0 saturated heterocycles. The summed E-state index contributed by atoms with van der Waals surface area (Å²) in [6, 6.07) is 5.48. The fourth-order valence-electron chi connectivity index (χ4n) is 1.01. The molecule has 5 N–H and O–H groups in total. The van der Waals surface area contributed by atoms with Crippen LogP contribution in [-0.4, -0.2) is 6.54 Å². The second-order valence-corrected chi connectivity index (χ2v) is 2.59. The maximum absolute atomic E-state index is 5.70. The highest BCUT2D eigenvalue weighted by molar-refractivity contribution is 5.79. The smallest absolute Gasteiger partial charge is 0.0807 e. The molecule has 0 unspecified atom stereocenters. The van der Waals surface area contributed by atoms with Gasteiger partial charge in [-0.25, -0.2) is 0 Å². The summed E-state index contributed by atoms with van der Waals surface area (Å²) in [5.74, 6) is 0. The van der Waals surface area contributed by atoms with E-state index >= 15 is 0 Å². The molecule has 65 valence electrons. The second-order valence-electron chi connectivity index (χ2n) is 2.59. The average Bonchev–Trinajstić information content (AvgIpc) is 2.04. The Hall–Kier alpha value is -1.38. The molecule has 1 radical (unpaired) electrons.